The first-order chi connectivity index (χ1) is 8.49. The van der Waals surface area contributed by atoms with E-state index < -0.39 is 0 Å². The van der Waals surface area contributed by atoms with Crippen LogP contribution in [0, 0.1) is 11.7 Å². The Balaban J connectivity index is 2.33. The summed E-state index contributed by atoms with van der Waals surface area (Å²) in [6.45, 7) is 8.07. The molecule has 0 aromatic heterocycles. The molecule has 1 aromatic rings. The lowest BCUT2D eigenvalue weighted by Gasteiger charge is -2.16. The van der Waals surface area contributed by atoms with Gasteiger partial charge in [-0.15, -0.1) is 0 Å². The van der Waals surface area contributed by atoms with Gasteiger partial charge in [-0.3, -0.25) is 0 Å². The maximum absolute atomic E-state index is 12.9. The number of rotatable bonds is 7. The van der Waals surface area contributed by atoms with Gasteiger partial charge in [-0.25, -0.2) is 4.39 Å². The number of halogens is 2. The Kier molecular flexibility index (Phi) is 6.44. The summed E-state index contributed by atoms with van der Waals surface area (Å²) in [6.07, 6.45) is 1.14. The first kappa shape index (κ1) is 15.3. The molecule has 1 rings (SSSR count). The zero-order valence-electron chi connectivity index (χ0n) is 11.2. The van der Waals surface area contributed by atoms with Crippen LogP contribution in [0.1, 0.15) is 27.2 Å². The zero-order valence-corrected chi connectivity index (χ0v) is 11.9. The molecule has 0 aliphatic carbocycles. The summed E-state index contributed by atoms with van der Waals surface area (Å²) < 4.78 is 18.5. The van der Waals surface area contributed by atoms with Gasteiger partial charge in [0.25, 0.3) is 0 Å². The van der Waals surface area contributed by atoms with E-state index in [2.05, 4.69) is 19.2 Å². The van der Waals surface area contributed by atoms with Crippen LogP contribution >= 0.6 is 11.6 Å². The largest absolute Gasteiger partial charge is 0.488 e. The molecule has 0 aliphatic rings. The van der Waals surface area contributed by atoms with Crippen LogP contribution in [0.15, 0.2) is 18.2 Å². The molecule has 0 heterocycles. The molecule has 0 amide bonds. The van der Waals surface area contributed by atoms with Crippen molar-refractivity contribution in [1.82, 2.24) is 5.32 Å². The third kappa shape index (κ3) is 5.69. The monoisotopic (exact) mass is 273 g/mol. The molecule has 0 fully saturated rings. The molecule has 2 nitrogen and oxygen atoms in total. The quantitative estimate of drug-likeness (QED) is 0.761. The van der Waals surface area contributed by atoms with Gasteiger partial charge in [0.1, 0.15) is 17.7 Å². The summed E-state index contributed by atoms with van der Waals surface area (Å²) in [5.74, 6) is 0.867. The van der Waals surface area contributed by atoms with E-state index in [1.165, 1.54) is 12.1 Å². The number of benzene rings is 1. The van der Waals surface area contributed by atoms with Crippen molar-refractivity contribution in [3.05, 3.63) is 29.0 Å². The van der Waals surface area contributed by atoms with Crippen LogP contribution in [-0.4, -0.2) is 19.2 Å². The van der Waals surface area contributed by atoms with E-state index in [-0.39, 0.29) is 11.9 Å². The maximum Gasteiger partial charge on any atom is 0.138 e. The van der Waals surface area contributed by atoms with E-state index in [1.54, 1.807) is 6.07 Å². The first-order valence-corrected chi connectivity index (χ1v) is 6.69. The normalized spacial score (nSPS) is 12.8. The van der Waals surface area contributed by atoms with Crippen LogP contribution in [0.25, 0.3) is 0 Å². The Morgan fingerprint density at radius 2 is 2.06 bits per heavy atom. The fourth-order valence-electron chi connectivity index (χ4n) is 1.53. The minimum absolute atomic E-state index is 0.000114. The van der Waals surface area contributed by atoms with E-state index in [1.807, 2.05) is 6.92 Å². The number of nitrogens with one attached hydrogen (secondary N) is 1. The number of hydrogen-bond acceptors (Lipinski definition) is 2. The SMILES string of the molecule is CC(C)CCNCC(C)Oc1ccc(F)cc1Cl. The Hall–Kier alpha value is -0.800. The zero-order chi connectivity index (χ0) is 13.5. The fraction of sp³-hybridized carbons (Fsp3) is 0.571. The highest BCUT2D eigenvalue weighted by atomic mass is 35.5. The molecule has 1 aromatic carbocycles. The smallest absolute Gasteiger partial charge is 0.138 e. The molecular weight excluding hydrogens is 253 g/mol. The highest BCUT2D eigenvalue weighted by Crippen LogP contribution is 2.25. The van der Waals surface area contributed by atoms with Crippen molar-refractivity contribution in [2.75, 3.05) is 13.1 Å². The van der Waals surface area contributed by atoms with Gasteiger partial charge in [-0.1, -0.05) is 25.4 Å². The van der Waals surface area contributed by atoms with Gasteiger partial charge in [0.05, 0.1) is 5.02 Å². The van der Waals surface area contributed by atoms with Gasteiger partial charge >= 0.3 is 0 Å². The molecule has 0 spiro atoms. The summed E-state index contributed by atoms with van der Waals surface area (Å²) in [5.41, 5.74) is 0. The van der Waals surface area contributed by atoms with Crippen molar-refractivity contribution >= 4 is 11.6 Å². The molecule has 0 aliphatic heterocycles. The Labute approximate surface area is 113 Å². The van der Waals surface area contributed by atoms with Crippen molar-refractivity contribution in [1.29, 1.82) is 0 Å². The van der Waals surface area contributed by atoms with Gasteiger partial charge in [0.2, 0.25) is 0 Å². The molecule has 1 unspecified atom stereocenters. The maximum atomic E-state index is 12.9. The van der Waals surface area contributed by atoms with Crippen LogP contribution in [0.5, 0.6) is 5.75 Å². The van der Waals surface area contributed by atoms with Crippen LogP contribution in [-0.2, 0) is 0 Å². The lowest BCUT2D eigenvalue weighted by atomic mass is 10.1. The standard InChI is InChI=1S/C14H21ClFNO/c1-10(2)6-7-17-9-11(3)18-14-5-4-12(16)8-13(14)15/h4-5,8,10-11,17H,6-7,9H2,1-3H3. The third-order valence-electron chi connectivity index (χ3n) is 2.55. The van der Waals surface area contributed by atoms with Crippen molar-refractivity contribution in [3.63, 3.8) is 0 Å². The minimum Gasteiger partial charge on any atom is -0.488 e. The lowest BCUT2D eigenvalue weighted by Crippen LogP contribution is -2.30. The third-order valence-corrected chi connectivity index (χ3v) is 2.85. The van der Waals surface area contributed by atoms with E-state index in [0.29, 0.717) is 16.7 Å². The van der Waals surface area contributed by atoms with Crippen LogP contribution in [0.3, 0.4) is 0 Å². The topological polar surface area (TPSA) is 21.3 Å². The molecule has 1 atom stereocenters. The van der Waals surface area contributed by atoms with E-state index in [9.17, 15) is 4.39 Å². The van der Waals surface area contributed by atoms with Gasteiger partial charge < -0.3 is 10.1 Å². The number of hydrogen-bond donors (Lipinski definition) is 1. The second-order valence-electron chi connectivity index (χ2n) is 4.89. The fourth-order valence-corrected chi connectivity index (χ4v) is 1.74. The van der Waals surface area contributed by atoms with Gasteiger partial charge in [0.15, 0.2) is 0 Å². The molecule has 0 radical (unpaired) electrons. The predicted molar refractivity (Wildman–Crippen MR) is 73.8 cm³/mol. The average Bonchev–Trinajstić information content (AvgIpc) is 2.28. The van der Waals surface area contributed by atoms with Gasteiger partial charge in [-0.2, -0.15) is 0 Å². The van der Waals surface area contributed by atoms with Gasteiger partial charge in [0, 0.05) is 6.54 Å². The Morgan fingerprint density at radius 1 is 1.33 bits per heavy atom. The van der Waals surface area contributed by atoms with Crippen molar-refractivity contribution in [2.24, 2.45) is 5.92 Å². The molecule has 0 saturated heterocycles. The molecule has 4 heteroatoms. The molecule has 0 bridgehead atoms. The van der Waals surface area contributed by atoms with Crippen LogP contribution in [0.4, 0.5) is 4.39 Å². The highest BCUT2D eigenvalue weighted by molar-refractivity contribution is 6.32. The van der Waals surface area contributed by atoms with Crippen molar-refractivity contribution in [2.45, 2.75) is 33.3 Å². The number of ether oxygens (including phenoxy) is 1. The van der Waals surface area contributed by atoms with Crippen LogP contribution < -0.4 is 10.1 Å². The van der Waals surface area contributed by atoms with Crippen molar-refractivity contribution in [3.8, 4) is 5.75 Å². The molecule has 1 N–H and O–H groups in total. The van der Waals surface area contributed by atoms with Gasteiger partial charge in [-0.05, 0) is 44.0 Å². The highest BCUT2D eigenvalue weighted by Gasteiger charge is 2.08. The van der Waals surface area contributed by atoms with E-state index in [4.69, 9.17) is 16.3 Å². The second-order valence-corrected chi connectivity index (χ2v) is 5.30. The average molecular weight is 274 g/mol. The summed E-state index contributed by atoms with van der Waals surface area (Å²) in [4.78, 5) is 0. The lowest BCUT2D eigenvalue weighted by molar-refractivity contribution is 0.216. The van der Waals surface area contributed by atoms with E-state index in [0.717, 1.165) is 19.5 Å². The summed E-state index contributed by atoms with van der Waals surface area (Å²) in [6, 6.07) is 4.16. The van der Waals surface area contributed by atoms with Crippen molar-refractivity contribution < 1.29 is 9.13 Å². The summed E-state index contributed by atoms with van der Waals surface area (Å²) in [5, 5.41) is 3.63. The Bertz CT molecular complexity index is 371. The Morgan fingerprint density at radius 3 is 2.67 bits per heavy atom. The molecule has 18 heavy (non-hydrogen) atoms. The van der Waals surface area contributed by atoms with Crippen LogP contribution in [0.2, 0.25) is 5.02 Å². The first-order valence-electron chi connectivity index (χ1n) is 6.31. The minimum atomic E-state index is -0.352. The molecule has 0 saturated carbocycles. The summed E-state index contributed by atoms with van der Waals surface area (Å²) >= 11 is 5.89. The predicted octanol–water partition coefficient (Wildman–Crippen LogP) is 3.88. The molecule has 102 valence electrons. The summed E-state index contributed by atoms with van der Waals surface area (Å²) in [7, 11) is 0. The van der Waals surface area contributed by atoms with E-state index >= 15 is 0 Å². The molecular formula is C14H21ClFNO. The second kappa shape index (κ2) is 7.59.